The predicted molar refractivity (Wildman–Crippen MR) is 122 cm³/mol. The van der Waals surface area contributed by atoms with E-state index in [2.05, 4.69) is 46.7 Å². The summed E-state index contributed by atoms with van der Waals surface area (Å²) >= 11 is 0. The lowest BCUT2D eigenvalue weighted by molar-refractivity contribution is -0.125. The zero-order valence-electron chi connectivity index (χ0n) is 18.4. The van der Waals surface area contributed by atoms with Crippen molar-refractivity contribution >= 4 is 17.8 Å². The number of imide groups is 1. The van der Waals surface area contributed by atoms with Crippen LogP contribution in [0, 0.1) is 5.92 Å². The zero-order valence-corrected chi connectivity index (χ0v) is 18.4. The monoisotopic (exact) mass is 434 g/mol. The van der Waals surface area contributed by atoms with Crippen molar-refractivity contribution in [1.82, 2.24) is 20.4 Å². The first kappa shape index (κ1) is 22.0. The van der Waals surface area contributed by atoms with Gasteiger partial charge < -0.3 is 10.6 Å². The van der Waals surface area contributed by atoms with Crippen molar-refractivity contribution < 1.29 is 14.4 Å². The second kappa shape index (κ2) is 9.96. The molecule has 2 saturated heterocycles. The molecule has 0 spiro atoms. The number of amides is 4. The van der Waals surface area contributed by atoms with Crippen molar-refractivity contribution in [3.63, 3.8) is 0 Å². The maximum atomic E-state index is 12.8. The molecule has 7 nitrogen and oxygen atoms in total. The summed E-state index contributed by atoms with van der Waals surface area (Å²) in [5.41, 5.74) is 2.50. The summed E-state index contributed by atoms with van der Waals surface area (Å²) in [7, 11) is 0. The third-order valence-electron chi connectivity index (χ3n) is 6.38. The van der Waals surface area contributed by atoms with Gasteiger partial charge in [0.05, 0.1) is 13.1 Å². The van der Waals surface area contributed by atoms with E-state index < -0.39 is 6.03 Å². The molecule has 2 heterocycles. The first-order chi connectivity index (χ1) is 15.5. The van der Waals surface area contributed by atoms with E-state index in [1.54, 1.807) is 18.2 Å². The highest BCUT2D eigenvalue weighted by atomic mass is 16.2. The lowest BCUT2D eigenvalue weighted by Gasteiger charge is -2.21. The molecule has 0 aliphatic carbocycles. The van der Waals surface area contributed by atoms with Crippen LogP contribution in [0.15, 0.2) is 54.6 Å². The van der Waals surface area contributed by atoms with Crippen molar-refractivity contribution in [2.75, 3.05) is 19.6 Å². The number of nitrogens with one attached hydrogen (secondary N) is 2. The Hall–Kier alpha value is -3.19. The van der Waals surface area contributed by atoms with Crippen LogP contribution in [-0.4, -0.2) is 53.3 Å². The van der Waals surface area contributed by atoms with E-state index in [1.807, 2.05) is 12.1 Å². The summed E-state index contributed by atoms with van der Waals surface area (Å²) in [5.74, 6) is 0.107. The number of nitrogens with zero attached hydrogens (tertiary/aromatic N) is 2. The van der Waals surface area contributed by atoms with Gasteiger partial charge in [-0.25, -0.2) is 4.79 Å². The minimum atomic E-state index is -0.416. The molecule has 2 aliphatic rings. The SMILES string of the molecule is C[C@@H]1C[C@@H](CCNC(=O)c2ccccc2CN2C(=O)CNC2=O)CN1Cc1ccccc1. The number of rotatable bonds is 8. The fraction of sp³-hybridized carbons (Fsp3) is 0.400. The molecule has 0 bridgehead atoms. The number of likely N-dealkylation sites (tertiary alicyclic amines) is 1. The van der Waals surface area contributed by atoms with Crippen LogP contribution in [0.5, 0.6) is 0 Å². The van der Waals surface area contributed by atoms with Crippen molar-refractivity contribution in [3.8, 4) is 0 Å². The molecule has 2 N–H and O–H groups in total. The Balaban J connectivity index is 1.28. The minimum absolute atomic E-state index is 0.00823. The number of urea groups is 1. The molecule has 0 unspecified atom stereocenters. The van der Waals surface area contributed by atoms with E-state index >= 15 is 0 Å². The van der Waals surface area contributed by atoms with E-state index in [0.29, 0.717) is 29.6 Å². The summed E-state index contributed by atoms with van der Waals surface area (Å²) in [6.45, 7) is 4.98. The van der Waals surface area contributed by atoms with Crippen LogP contribution in [0.2, 0.25) is 0 Å². The van der Waals surface area contributed by atoms with Gasteiger partial charge in [-0.2, -0.15) is 0 Å². The van der Waals surface area contributed by atoms with Gasteiger partial charge in [-0.15, -0.1) is 0 Å². The smallest absolute Gasteiger partial charge is 0.324 e. The Morgan fingerprint density at radius 3 is 2.56 bits per heavy atom. The lowest BCUT2D eigenvalue weighted by atomic mass is 10.0. The number of hydrogen-bond acceptors (Lipinski definition) is 4. The van der Waals surface area contributed by atoms with Gasteiger partial charge in [-0.1, -0.05) is 48.5 Å². The molecule has 4 rings (SSSR count). The van der Waals surface area contributed by atoms with Crippen LogP contribution >= 0.6 is 0 Å². The summed E-state index contributed by atoms with van der Waals surface area (Å²) in [6.07, 6.45) is 2.06. The number of carbonyl (C=O) groups is 3. The second-order valence-electron chi connectivity index (χ2n) is 8.71. The molecule has 168 valence electrons. The van der Waals surface area contributed by atoms with Gasteiger partial charge in [0.1, 0.15) is 0 Å². The molecular weight excluding hydrogens is 404 g/mol. The Morgan fingerprint density at radius 1 is 1.06 bits per heavy atom. The summed E-state index contributed by atoms with van der Waals surface area (Å²) in [4.78, 5) is 40.2. The zero-order chi connectivity index (χ0) is 22.5. The molecule has 0 saturated carbocycles. The maximum absolute atomic E-state index is 12.8. The van der Waals surface area contributed by atoms with Gasteiger partial charge in [-0.3, -0.25) is 19.4 Å². The molecule has 2 atom stereocenters. The van der Waals surface area contributed by atoms with Gasteiger partial charge in [0.2, 0.25) is 5.91 Å². The molecule has 0 radical (unpaired) electrons. The van der Waals surface area contributed by atoms with Crippen LogP contribution in [-0.2, 0) is 17.9 Å². The fourth-order valence-corrected chi connectivity index (χ4v) is 4.62. The average Bonchev–Trinajstić information content (AvgIpc) is 3.30. The fourth-order valence-electron chi connectivity index (χ4n) is 4.62. The van der Waals surface area contributed by atoms with Crippen molar-refractivity contribution in [3.05, 3.63) is 71.3 Å². The molecule has 32 heavy (non-hydrogen) atoms. The van der Waals surface area contributed by atoms with Gasteiger partial charge in [0.15, 0.2) is 0 Å². The van der Waals surface area contributed by atoms with Crippen molar-refractivity contribution in [2.45, 2.75) is 38.9 Å². The van der Waals surface area contributed by atoms with E-state index in [0.717, 1.165) is 30.8 Å². The van der Waals surface area contributed by atoms with Gasteiger partial charge in [0, 0.05) is 31.2 Å². The molecule has 2 aromatic carbocycles. The van der Waals surface area contributed by atoms with E-state index in [1.165, 1.54) is 5.56 Å². The highest BCUT2D eigenvalue weighted by Crippen LogP contribution is 2.27. The first-order valence-corrected chi connectivity index (χ1v) is 11.2. The topological polar surface area (TPSA) is 81.8 Å². The maximum Gasteiger partial charge on any atom is 0.324 e. The molecule has 2 aromatic rings. The second-order valence-corrected chi connectivity index (χ2v) is 8.71. The average molecular weight is 435 g/mol. The predicted octanol–water partition coefficient (Wildman–Crippen LogP) is 2.77. The van der Waals surface area contributed by atoms with Crippen LogP contribution < -0.4 is 10.6 Å². The number of hydrogen-bond donors (Lipinski definition) is 2. The van der Waals surface area contributed by atoms with E-state index in [4.69, 9.17) is 0 Å². The standard InChI is InChI=1S/C25H30N4O3/c1-18-13-20(16-28(18)15-19-7-3-2-4-8-19)11-12-26-24(31)22-10-6-5-9-21(22)17-29-23(30)14-27-25(29)32/h2-10,18,20H,11-17H2,1H3,(H,26,31)(H,27,32)/t18-,20-/m1/s1. The highest BCUT2D eigenvalue weighted by Gasteiger charge is 2.30. The molecule has 7 heteroatoms. The van der Waals surface area contributed by atoms with Crippen LogP contribution in [0.4, 0.5) is 4.79 Å². The lowest BCUT2D eigenvalue weighted by Crippen LogP contribution is -2.32. The number of carbonyl (C=O) groups excluding carboxylic acids is 3. The number of benzene rings is 2. The Labute approximate surface area is 188 Å². The Morgan fingerprint density at radius 2 is 1.81 bits per heavy atom. The van der Waals surface area contributed by atoms with Crippen molar-refractivity contribution in [1.29, 1.82) is 0 Å². The molecule has 2 fully saturated rings. The van der Waals surface area contributed by atoms with Gasteiger partial charge >= 0.3 is 6.03 Å². The normalized spacial score (nSPS) is 21.1. The van der Waals surface area contributed by atoms with Gasteiger partial charge in [0.25, 0.3) is 5.91 Å². The third kappa shape index (κ3) is 5.16. The largest absolute Gasteiger partial charge is 0.352 e. The molecule has 0 aromatic heterocycles. The quantitative estimate of drug-likeness (QED) is 0.626. The van der Waals surface area contributed by atoms with E-state index in [9.17, 15) is 14.4 Å². The van der Waals surface area contributed by atoms with Gasteiger partial charge in [-0.05, 0) is 42.9 Å². The molecule has 4 amide bonds. The summed E-state index contributed by atoms with van der Waals surface area (Å²) in [5, 5.41) is 5.54. The van der Waals surface area contributed by atoms with Crippen LogP contribution in [0.25, 0.3) is 0 Å². The summed E-state index contributed by atoms with van der Waals surface area (Å²) < 4.78 is 0. The van der Waals surface area contributed by atoms with Crippen LogP contribution in [0.1, 0.15) is 41.3 Å². The third-order valence-corrected chi connectivity index (χ3v) is 6.38. The highest BCUT2D eigenvalue weighted by molar-refractivity contribution is 6.02. The Bertz CT molecular complexity index is 962. The van der Waals surface area contributed by atoms with E-state index in [-0.39, 0.29) is 24.9 Å². The molecule has 2 aliphatic heterocycles. The minimum Gasteiger partial charge on any atom is -0.352 e. The van der Waals surface area contributed by atoms with Crippen molar-refractivity contribution in [2.24, 2.45) is 5.92 Å². The molecular formula is C25H30N4O3. The summed E-state index contributed by atoms with van der Waals surface area (Å²) in [6, 6.07) is 17.8. The Kier molecular flexibility index (Phi) is 6.85. The van der Waals surface area contributed by atoms with Crippen LogP contribution in [0.3, 0.4) is 0 Å². The first-order valence-electron chi connectivity index (χ1n) is 11.2.